The molecule has 0 aliphatic rings. The number of carboxylic acids is 1. The van der Waals surface area contributed by atoms with Crippen LogP contribution in [-0.4, -0.2) is 31.4 Å². The Morgan fingerprint density at radius 3 is 2.76 bits per heavy atom. The average Bonchev–Trinajstić information content (AvgIpc) is 2.84. The lowest BCUT2D eigenvalue weighted by atomic mass is 10.3. The molecule has 0 saturated carbocycles. The third-order valence-electron chi connectivity index (χ3n) is 2.79. The van der Waals surface area contributed by atoms with E-state index in [1.807, 2.05) is 22.8 Å². The molecule has 0 spiro atoms. The summed E-state index contributed by atoms with van der Waals surface area (Å²) < 4.78 is 1.83. The van der Waals surface area contributed by atoms with Gasteiger partial charge in [-0.05, 0) is 36.4 Å². The van der Waals surface area contributed by atoms with Crippen molar-refractivity contribution in [1.29, 1.82) is 0 Å². The molecule has 0 aliphatic carbocycles. The molecule has 0 amide bonds. The lowest BCUT2D eigenvalue weighted by Gasteiger charge is -2.07. The normalized spacial score (nSPS) is 10.9. The molecule has 2 aromatic heterocycles. The predicted molar refractivity (Wildman–Crippen MR) is 82.2 cm³/mol. The van der Waals surface area contributed by atoms with Crippen LogP contribution in [-0.2, 0) is 4.79 Å². The number of carbonyl (C=O) groups is 1. The lowest BCUT2D eigenvalue weighted by Crippen LogP contribution is -2.02. The first-order valence-corrected chi connectivity index (χ1v) is 7.45. The van der Waals surface area contributed by atoms with Crippen molar-refractivity contribution in [1.82, 2.24) is 14.5 Å². The second-order valence-corrected chi connectivity index (χ2v) is 5.61. The van der Waals surface area contributed by atoms with Crippen molar-refractivity contribution in [3.63, 3.8) is 0 Å². The number of carboxylic acid groups (broad SMARTS) is 1. The molecule has 106 valence electrons. The Balaban J connectivity index is 2.15. The Hall–Kier alpha value is -2.05. The van der Waals surface area contributed by atoms with Crippen molar-refractivity contribution >= 4 is 40.5 Å². The van der Waals surface area contributed by atoms with E-state index in [0.717, 1.165) is 23.0 Å². The maximum Gasteiger partial charge on any atom is 0.313 e. The third-order valence-corrected chi connectivity index (χ3v) is 3.97. The smallest absolute Gasteiger partial charge is 0.313 e. The number of thioether (sulfide) groups is 1. The predicted octanol–water partition coefficient (Wildman–Crippen LogP) is 3.25. The minimum atomic E-state index is -0.886. The quantitative estimate of drug-likeness (QED) is 0.748. The fourth-order valence-electron chi connectivity index (χ4n) is 1.94. The topological polar surface area (TPSA) is 68.0 Å². The maximum absolute atomic E-state index is 10.8. The number of pyridine rings is 1. The number of nitrogens with zero attached hydrogens (tertiary/aromatic N) is 3. The van der Waals surface area contributed by atoms with Crippen LogP contribution in [0.4, 0.5) is 0 Å². The van der Waals surface area contributed by atoms with E-state index in [1.165, 1.54) is 0 Å². The highest BCUT2D eigenvalue weighted by Crippen LogP contribution is 2.27. The molecule has 0 atom stereocenters. The number of aromatic nitrogens is 3. The van der Waals surface area contributed by atoms with Crippen LogP contribution in [0.1, 0.15) is 0 Å². The molecule has 21 heavy (non-hydrogen) atoms. The van der Waals surface area contributed by atoms with Crippen LogP contribution < -0.4 is 0 Å². The number of rotatable bonds is 4. The van der Waals surface area contributed by atoms with E-state index in [2.05, 4.69) is 9.97 Å². The van der Waals surface area contributed by atoms with E-state index < -0.39 is 5.97 Å². The Morgan fingerprint density at radius 2 is 2.05 bits per heavy atom. The summed E-state index contributed by atoms with van der Waals surface area (Å²) >= 11 is 7.07. The molecule has 0 fully saturated rings. The maximum atomic E-state index is 10.8. The number of hydrogen-bond donors (Lipinski definition) is 1. The van der Waals surface area contributed by atoms with Gasteiger partial charge in [-0.2, -0.15) is 0 Å². The summed E-state index contributed by atoms with van der Waals surface area (Å²) in [6.07, 6.45) is 1.68. The van der Waals surface area contributed by atoms with E-state index in [4.69, 9.17) is 16.7 Å². The van der Waals surface area contributed by atoms with Crippen molar-refractivity contribution in [3.05, 3.63) is 47.6 Å². The van der Waals surface area contributed by atoms with Crippen LogP contribution >= 0.6 is 23.4 Å². The second-order valence-electron chi connectivity index (χ2n) is 4.23. The number of imidazole rings is 1. The van der Waals surface area contributed by atoms with Gasteiger partial charge in [-0.3, -0.25) is 9.36 Å². The van der Waals surface area contributed by atoms with Crippen molar-refractivity contribution in [2.45, 2.75) is 5.16 Å². The van der Waals surface area contributed by atoms with Gasteiger partial charge in [0.25, 0.3) is 0 Å². The molecule has 7 heteroatoms. The van der Waals surface area contributed by atoms with Crippen LogP contribution in [0, 0.1) is 0 Å². The molecule has 1 N–H and O–H groups in total. The molecular weight excluding hydrogens is 310 g/mol. The van der Waals surface area contributed by atoms with E-state index in [1.54, 1.807) is 24.4 Å². The van der Waals surface area contributed by atoms with Gasteiger partial charge in [0, 0.05) is 16.9 Å². The fraction of sp³-hybridized carbons (Fsp3) is 0.0714. The highest BCUT2D eigenvalue weighted by Gasteiger charge is 2.14. The lowest BCUT2D eigenvalue weighted by molar-refractivity contribution is -0.133. The molecule has 5 nitrogen and oxygen atoms in total. The van der Waals surface area contributed by atoms with E-state index in [0.29, 0.717) is 15.8 Å². The van der Waals surface area contributed by atoms with Crippen molar-refractivity contribution in [2.75, 3.05) is 5.75 Å². The molecule has 2 heterocycles. The zero-order valence-corrected chi connectivity index (χ0v) is 12.3. The van der Waals surface area contributed by atoms with Crippen LogP contribution in [0.15, 0.2) is 47.8 Å². The summed E-state index contributed by atoms with van der Waals surface area (Å²) in [7, 11) is 0. The standard InChI is InChI=1S/C14H10ClN3O2S/c15-9-3-5-10(6-4-9)18-13-11(2-1-7-16-13)17-14(18)21-8-12(19)20/h1-7H,8H2,(H,19,20). The summed E-state index contributed by atoms with van der Waals surface area (Å²) in [4.78, 5) is 19.6. The summed E-state index contributed by atoms with van der Waals surface area (Å²) in [6.45, 7) is 0. The highest BCUT2D eigenvalue weighted by atomic mass is 35.5. The van der Waals surface area contributed by atoms with Crippen molar-refractivity contribution in [2.24, 2.45) is 0 Å². The number of benzene rings is 1. The van der Waals surface area contributed by atoms with Crippen molar-refractivity contribution in [3.8, 4) is 5.69 Å². The Bertz CT molecular complexity index is 802. The summed E-state index contributed by atoms with van der Waals surface area (Å²) in [5, 5.41) is 10.1. The molecular formula is C14H10ClN3O2S. The minimum Gasteiger partial charge on any atom is -0.481 e. The zero-order valence-electron chi connectivity index (χ0n) is 10.7. The molecule has 0 aliphatic heterocycles. The average molecular weight is 320 g/mol. The minimum absolute atomic E-state index is 0.0586. The van der Waals surface area contributed by atoms with Crippen LogP contribution in [0.25, 0.3) is 16.9 Å². The first kappa shape index (κ1) is 13.9. The first-order valence-electron chi connectivity index (χ1n) is 6.09. The Morgan fingerprint density at radius 1 is 1.29 bits per heavy atom. The molecule has 0 saturated heterocycles. The third kappa shape index (κ3) is 2.86. The van der Waals surface area contributed by atoms with Gasteiger partial charge in [-0.1, -0.05) is 23.4 Å². The van der Waals surface area contributed by atoms with E-state index in [-0.39, 0.29) is 5.75 Å². The number of fused-ring (bicyclic) bond motifs is 1. The number of hydrogen-bond acceptors (Lipinski definition) is 4. The van der Waals surface area contributed by atoms with E-state index in [9.17, 15) is 4.79 Å². The monoisotopic (exact) mass is 319 g/mol. The Kier molecular flexibility index (Phi) is 3.81. The van der Waals surface area contributed by atoms with Gasteiger partial charge in [0.05, 0.1) is 5.75 Å². The number of aliphatic carboxylic acids is 1. The molecule has 0 radical (unpaired) electrons. The largest absolute Gasteiger partial charge is 0.481 e. The van der Waals surface area contributed by atoms with Gasteiger partial charge in [-0.15, -0.1) is 0 Å². The SMILES string of the molecule is O=C(O)CSc1nc2cccnc2n1-c1ccc(Cl)cc1. The Labute approximate surface area is 129 Å². The molecule has 0 bridgehead atoms. The van der Waals surface area contributed by atoms with E-state index >= 15 is 0 Å². The summed E-state index contributed by atoms with van der Waals surface area (Å²) in [6, 6.07) is 10.9. The summed E-state index contributed by atoms with van der Waals surface area (Å²) in [5.74, 6) is -0.945. The molecule has 0 unspecified atom stereocenters. The zero-order chi connectivity index (χ0) is 14.8. The van der Waals surface area contributed by atoms with Crippen LogP contribution in [0.2, 0.25) is 5.02 Å². The van der Waals surface area contributed by atoms with Crippen LogP contribution in [0.3, 0.4) is 0 Å². The number of halogens is 1. The first-order chi connectivity index (χ1) is 10.1. The van der Waals surface area contributed by atoms with Gasteiger partial charge in [0.15, 0.2) is 10.8 Å². The molecule has 3 rings (SSSR count). The van der Waals surface area contributed by atoms with Gasteiger partial charge in [0.1, 0.15) is 5.52 Å². The van der Waals surface area contributed by atoms with Gasteiger partial charge in [0.2, 0.25) is 0 Å². The second kappa shape index (κ2) is 5.75. The molecule has 3 aromatic rings. The fourth-order valence-corrected chi connectivity index (χ4v) is 2.80. The highest BCUT2D eigenvalue weighted by molar-refractivity contribution is 7.99. The van der Waals surface area contributed by atoms with Gasteiger partial charge in [-0.25, -0.2) is 9.97 Å². The van der Waals surface area contributed by atoms with Gasteiger partial charge >= 0.3 is 5.97 Å². The van der Waals surface area contributed by atoms with Crippen molar-refractivity contribution < 1.29 is 9.90 Å². The molecule has 1 aromatic carbocycles. The summed E-state index contributed by atoms with van der Waals surface area (Å²) in [5.41, 5.74) is 2.25. The van der Waals surface area contributed by atoms with Crippen LogP contribution in [0.5, 0.6) is 0 Å². The van der Waals surface area contributed by atoms with Gasteiger partial charge < -0.3 is 5.11 Å².